The van der Waals surface area contributed by atoms with Crippen LogP contribution in [-0.2, 0) is 6.42 Å². The Balaban J connectivity index is 2.15. The van der Waals surface area contributed by atoms with Crippen molar-refractivity contribution in [2.45, 2.75) is 33.2 Å². The van der Waals surface area contributed by atoms with Crippen LogP contribution in [0.1, 0.15) is 25.0 Å². The minimum Gasteiger partial charge on any atom is -0.314 e. The Kier molecular flexibility index (Phi) is 4.91. The molecule has 0 bridgehead atoms. The fourth-order valence-corrected chi connectivity index (χ4v) is 2.55. The first-order valence-corrected chi connectivity index (χ1v) is 7.19. The normalized spacial score (nSPS) is 12.4. The van der Waals surface area contributed by atoms with Gasteiger partial charge in [-0.05, 0) is 61.2 Å². The van der Waals surface area contributed by atoms with E-state index in [4.69, 9.17) is 0 Å². The van der Waals surface area contributed by atoms with Crippen molar-refractivity contribution in [2.75, 3.05) is 6.54 Å². The Labute approximate surface area is 120 Å². The Morgan fingerprint density at radius 2 is 1.80 bits per heavy atom. The van der Waals surface area contributed by atoms with Gasteiger partial charge in [0, 0.05) is 6.04 Å². The van der Waals surface area contributed by atoms with E-state index in [2.05, 4.69) is 43.4 Å². The van der Waals surface area contributed by atoms with E-state index in [-0.39, 0.29) is 5.82 Å². The molecule has 1 atom stereocenters. The fraction of sp³-hybridized carbons (Fsp3) is 0.333. The number of rotatable bonds is 5. The SMILES string of the molecule is CCNC(C)Cc1ccc(-c2ccc(F)cc2C)cc1. The van der Waals surface area contributed by atoms with Gasteiger partial charge in [-0.1, -0.05) is 37.3 Å². The molecule has 0 aliphatic rings. The van der Waals surface area contributed by atoms with Crippen molar-refractivity contribution >= 4 is 0 Å². The minimum absolute atomic E-state index is 0.178. The summed E-state index contributed by atoms with van der Waals surface area (Å²) in [6, 6.07) is 14.0. The predicted molar refractivity (Wildman–Crippen MR) is 83.4 cm³/mol. The van der Waals surface area contributed by atoms with E-state index in [9.17, 15) is 4.39 Å². The molecule has 0 heterocycles. The lowest BCUT2D eigenvalue weighted by molar-refractivity contribution is 0.565. The quantitative estimate of drug-likeness (QED) is 0.853. The maximum atomic E-state index is 13.1. The molecule has 0 aromatic heterocycles. The molecule has 0 aliphatic heterocycles. The number of hydrogen-bond donors (Lipinski definition) is 1. The summed E-state index contributed by atoms with van der Waals surface area (Å²) in [4.78, 5) is 0. The zero-order valence-electron chi connectivity index (χ0n) is 12.4. The highest BCUT2D eigenvalue weighted by Crippen LogP contribution is 2.24. The summed E-state index contributed by atoms with van der Waals surface area (Å²) < 4.78 is 13.1. The van der Waals surface area contributed by atoms with Crippen LogP contribution in [0.4, 0.5) is 4.39 Å². The first-order chi connectivity index (χ1) is 9.60. The van der Waals surface area contributed by atoms with Gasteiger partial charge in [-0.25, -0.2) is 4.39 Å². The predicted octanol–water partition coefficient (Wildman–Crippen LogP) is 4.34. The van der Waals surface area contributed by atoms with Crippen LogP contribution in [0.5, 0.6) is 0 Å². The van der Waals surface area contributed by atoms with Crippen molar-refractivity contribution in [1.29, 1.82) is 0 Å². The van der Waals surface area contributed by atoms with Gasteiger partial charge in [0.2, 0.25) is 0 Å². The first kappa shape index (κ1) is 14.7. The zero-order chi connectivity index (χ0) is 14.5. The van der Waals surface area contributed by atoms with Crippen molar-refractivity contribution in [3.8, 4) is 11.1 Å². The van der Waals surface area contributed by atoms with Crippen LogP contribution in [0.15, 0.2) is 42.5 Å². The molecule has 0 saturated carbocycles. The van der Waals surface area contributed by atoms with E-state index in [1.807, 2.05) is 13.0 Å². The lowest BCUT2D eigenvalue weighted by Gasteiger charge is -2.13. The maximum Gasteiger partial charge on any atom is 0.123 e. The summed E-state index contributed by atoms with van der Waals surface area (Å²) in [6.45, 7) is 7.26. The molecule has 0 aliphatic carbocycles. The average molecular weight is 271 g/mol. The smallest absolute Gasteiger partial charge is 0.123 e. The van der Waals surface area contributed by atoms with Gasteiger partial charge in [-0.2, -0.15) is 0 Å². The number of likely N-dealkylation sites (N-methyl/N-ethyl adjacent to an activating group) is 1. The Morgan fingerprint density at radius 3 is 2.40 bits per heavy atom. The molecule has 0 saturated heterocycles. The highest BCUT2D eigenvalue weighted by atomic mass is 19.1. The van der Waals surface area contributed by atoms with Crippen molar-refractivity contribution in [3.63, 3.8) is 0 Å². The Hall–Kier alpha value is -1.67. The standard InChI is InChI=1S/C18H22FN/c1-4-20-14(3)12-15-5-7-16(8-6-15)18-10-9-17(19)11-13(18)2/h5-11,14,20H,4,12H2,1-3H3. The highest BCUT2D eigenvalue weighted by molar-refractivity contribution is 5.67. The Bertz CT molecular complexity index is 560. The van der Waals surface area contributed by atoms with Gasteiger partial charge in [-0.15, -0.1) is 0 Å². The van der Waals surface area contributed by atoms with Crippen molar-refractivity contribution in [3.05, 3.63) is 59.4 Å². The van der Waals surface area contributed by atoms with Gasteiger partial charge >= 0.3 is 0 Å². The molecule has 0 radical (unpaired) electrons. The zero-order valence-corrected chi connectivity index (χ0v) is 12.4. The molecule has 2 aromatic rings. The van der Waals surface area contributed by atoms with E-state index in [1.54, 1.807) is 6.07 Å². The number of benzene rings is 2. The maximum absolute atomic E-state index is 13.1. The van der Waals surface area contributed by atoms with Crippen LogP contribution < -0.4 is 5.32 Å². The molecule has 2 rings (SSSR count). The van der Waals surface area contributed by atoms with Gasteiger partial charge in [-0.3, -0.25) is 0 Å². The molecule has 106 valence electrons. The number of nitrogens with one attached hydrogen (secondary N) is 1. The lowest BCUT2D eigenvalue weighted by atomic mass is 9.98. The van der Waals surface area contributed by atoms with Gasteiger partial charge in [0.25, 0.3) is 0 Å². The largest absolute Gasteiger partial charge is 0.314 e. The van der Waals surface area contributed by atoms with E-state index in [0.717, 1.165) is 29.7 Å². The number of aryl methyl sites for hydroxylation is 1. The van der Waals surface area contributed by atoms with Crippen LogP contribution in [0, 0.1) is 12.7 Å². The van der Waals surface area contributed by atoms with Crippen molar-refractivity contribution < 1.29 is 4.39 Å². The second kappa shape index (κ2) is 6.67. The van der Waals surface area contributed by atoms with Crippen molar-refractivity contribution in [2.24, 2.45) is 0 Å². The molecule has 0 amide bonds. The topological polar surface area (TPSA) is 12.0 Å². The van der Waals surface area contributed by atoms with Crippen LogP contribution >= 0.6 is 0 Å². The third kappa shape index (κ3) is 3.67. The lowest BCUT2D eigenvalue weighted by Crippen LogP contribution is -2.27. The van der Waals surface area contributed by atoms with Gasteiger partial charge < -0.3 is 5.32 Å². The summed E-state index contributed by atoms with van der Waals surface area (Å²) in [5.74, 6) is -0.178. The average Bonchev–Trinajstić information content (AvgIpc) is 2.40. The highest BCUT2D eigenvalue weighted by Gasteiger charge is 2.05. The van der Waals surface area contributed by atoms with Gasteiger partial charge in [0.05, 0.1) is 0 Å². The number of halogens is 1. The van der Waals surface area contributed by atoms with Crippen LogP contribution in [0.25, 0.3) is 11.1 Å². The molecular weight excluding hydrogens is 249 g/mol. The summed E-state index contributed by atoms with van der Waals surface area (Å²) >= 11 is 0. The Morgan fingerprint density at radius 1 is 1.10 bits per heavy atom. The van der Waals surface area contributed by atoms with Crippen LogP contribution in [0.3, 0.4) is 0 Å². The summed E-state index contributed by atoms with van der Waals surface area (Å²) in [6.07, 6.45) is 1.02. The molecule has 0 fully saturated rings. The van der Waals surface area contributed by atoms with Crippen LogP contribution in [-0.4, -0.2) is 12.6 Å². The molecule has 20 heavy (non-hydrogen) atoms. The van der Waals surface area contributed by atoms with Crippen LogP contribution in [0.2, 0.25) is 0 Å². The molecule has 1 unspecified atom stereocenters. The van der Waals surface area contributed by atoms with E-state index < -0.39 is 0 Å². The molecule has 1 N–H and O–H groups in total. The first-order valence-electron chi connectivity index (χ1n) is 7.19. The van der Waals surface area contributed by atoms with E-state index >= 15 is 0 Å². The second-order valence-electron chi connectivity index (χ2n) is 5.32. The summed E-state index contributed by atoms with van der Waals surface area (Å²) in [5, 5.41) is 3.41. The number of hydrogen-bond acceptors (Lipinski definition) is 1. The van der Waals surface area contributed by atoms with Gasteiger partial charge in [0.1, 0.15) is 5.82 Å². The summed E-state index contributed by atoms with van der Waals surface area (Å²) in [7, 11) is 0. The molecule has 1 nitrogen and oxygen atoms in total. The van der Waals surface area contributed by atoms with E-state index in [0.29, 0.717) is 6.04 Å². The molecule has 2 heteroatoms. The molecule has 2 aromatic carbocycles. The van der Waals surface area contributed by atoms with E-state index in [1.165, 1.54) is 11.6 Å². The third-order valence-electron chi connectivity index (χ3n) is 3.55. The molecule has 0 spiro atoms. The minimum atomic E-state index is -0.178. The molecular formula is C18H22FN. The van der Waals surface area contributed by atoms with Gasteiger partial charge in [0.15, 0.2) is 0 Å². The monoisotopic (exact) mass is 271 g/mol. The van der Waals surface area contributed by atoms with Crippen molar-refractivity contribution in [1.82, 2.24) is 5.32 Å². The summed E-state index contributed by atoms with van der Waals surface area (Å²) in [5.41, 5.74) is 4.53. The fourth-order valence-electron chi connectivity index (χ4n) is 2.55. The second-order valence-corrected chi connectivity index (χ2v) is 5.32. The third-order valence-corrected chi connectivity index (χ3v) is 3.55.